The van der Waals surface area contributed by atoms with Gasteiger partial charge in [-0.25, -0.2) is 9.59 Å². The van der Waals surface area contributed by atoms with Crippen LogP contribution in [-0.2, 0) is 9.47 Å². The topological polar surface area (TPSA) is 67.9 Å². The van der Waals surface area contributed by atoms with E-state index in [9.17, 15) is 9.59 Å². The minimum atomic E-state index is -0.535. The van der Waals surface area contributed by atoms with E-state index in [-0.39, 0.29) is 18.1 Å². The van der Waals surface area contributed by atoms with Crippen molar-refractivity contribution in [3.63, 3.8) is 0 Å². The van der Waals surface area contributed by atoms with Crippen LogP contribution in [0.3, 0.4) is 0 Å². The maximum Gasteiger partial charge on any atom is 0.410 e. The SMILES string of the molecule is CC1CCN(C(=O)OC(C)(C)C)C[C@H]1NC(=O)OC(C)(C)C. The number of alkyl carbamates (subject to hydrolysis) is 1. The number of likely N-dealkylation sites (tertiary alicyclic amines) is 1. The second kappa shape index (κ2) is 6.75. The van der Waals surface area contributed by atoms with Gasteiger partial charge in [0.05, 0.1) is 6.04 Å². The number of piperidine rings is 1. The van der Waals surface area contributed by atoms with Gasteiger partial charge in [0, 0.05) is 13.1 Å². The summed E-state index contributed by atoms with van der Waals surface area (Å²) in [7, 11) is 0. The highest BCUT2D eigenvalue weighted by molar-refractivity contribution is 5.70. The first-order valence-electron chi connectivity index (χ1n) is 7.85. The lowest BCUT2D eigenvalue weighted by Crippen LogP contribution is -2.54. The van der Waals surface area contributed by atoms with Crippen molar-refractivity contribution in [1.29, 1.82) is 0 Å². The van der Waals surface area contributed by atoms with E-state index in [1.807, 2.05) is 41.5 Å². The Bertz CT molecular complexity index is 409. The molecule has 6 nitrogen and oxygen atoms in total. The Labute approximate surface area is 133 Å². The molecule has 1 unspecified atom stereocenters. The van der Waals surface area contributed by atoms with Gasteiger partial charge in [-0.1, -0.05) is 6.92 Å². The zero-order valence-corrected chi connectivity index (χ0v) is 14.9. The van der Waals surface area contributed by atoms with Crippen molar-refractivity contribution in [3.8, 4) is 0 Å². The fraction of sp³-hybridized carbons (Fsp3) is 0.875. The van der Waals surface area contributed by atoms with Gasteiger partial charge in [0.1, 0.15) is 11.2 Å². The molecule has 0 bridgehead atoms. The van der Waals surface area contributed by atoms with Gasteiger partial charge in [-0.15, -0.1) is 0 Å². The third kappa shape index (κ3) is 6.54. The Balaban J connectivity index is 2.60. The number of hydrogen-bond acceptors (Lipinski definition) is 4. The number of amides is 2. The zero-order chi connectivity index (χ0) is 17.1. The van der Waals surface area contributed by atoms with Gasteiger partial charge < -0.3 is 19.7 Å². The highest BCUT2D eigenvalue weighted by atomic mass is 16.6. The molecule has 128 valence electrons. The Morgan fingerprint density at radius 3 is 2.09 bits per heavy atom. The predicted octanol–water partition coefficient (Wildman–Crippen LogP) is 3.16. The van der Waals surface area contributed by atoms with Crippen LogP contribution in [0, 0.1) is 5.92 Å². The van der Waals surface area contributed by atoms with E-state index in [1.54, 1.807) is 4.90 Å². The van der Waals surface area contributed by atoms with Gasteiger partial charge in [0.15, 0.2) is 0 Å². The van der Waals surface area contributed by atoms with E-state index in [2.05, 4.69) is 12.2 Å². The van der Waals surface area contributed by atoms with E-state index < -0.39 is 17.3 Å². The first-order chi connectivity index (χ1) is 9.87. The molecular weight excluding hydrogens is 284 g/mol. The Kier molecular flexibility index (Phi) is 5.70. The summed E-state index contributed by atoms with van der Waals surface area (Å²) in [6, 6.07) is -0.129. The summed E-state index contributed by atoms with van der Waals surface area (Å²) < 4.78 is 10.7. The minimum Gasteiger partial charge on any atom is -0.444 e. The van der Waals surface area contributed by atoms with Crippen LogP contribution < -0.4 is 5.32 Å². The lowest BCUT2D eigenvalue weighted by Gasteiger charge is -2.38. The molecule has 1 saturated heterocycles. The standard InChI is InChI=1S/C16H30N2O4/c1-11-8-9-18(14(20)22-16(5,6)7)10-12(11)17-13(19)21-15(2,3)4/h11-12H,8-10H2,1-7H3,(H,17,19)/t11?,12-/m1/s1. The molecule has 1 N–H and O–H groups in total. The molecule has 1 fully saturated rings. The van der Waals surface area contributed by atoms with Crippen molar-refractivity contribution >= 4 is 12.2 Å². The molecule has 0 saturated carbocycles. The van der Waals surface area contributed by atoms with Crippen LogP contribution in [0.4, 0.5) is 9.59 Å². The molecule has 6 heteroatoms. The molecular formula is C16H30N2O4. The molecule has 0 radical (unpaired) electrons. The summed E-state index contributed by atoms with van der Waals surface area (Å²) in [5.74, 6) is 0.284. The van der Waals surface area contributed by atoms with Crippen molar-refractivity contribution < 1.29 is 19.1 Å². The Morgan fingerprint density at radius 2 is 1.59 bits per heavy atom. The molecule has 2 atom stereocenters. The third-order valence-corrected chi connectivity index (χ3v) is 3.31. The summed E-state index contributed by atoms with van der Waals surface area (Å²) >= 11 is 0. The number of carbonyl (C=O) groups excluding carboxylic acids is 2. The molecule has 1 rings (SSSR count). The van der Waals surface area contributed by atoms with Crippen LogP contribution >= 0.6 is 0 Å². The number of nitrogens with zero attached hydrogens (tertiary/aromatic N) is 1. The third-order valence-electron chi connectivity index (χ3n) is 3.31. The van der Waals surface area contributed by atoms with Crippen molar-refractivity contribution in [1.82, 2.24) is 10.2 Å². The first kappa shape index (κ1) is 18.6. The van der Waals surface area contributed by atoms with E-state index in [0.29, 0.717) is 13.1 Å². The van der Waals surface area contributed by atoms with Crippen LogP contribution in [0.1, 0.15) is 54.9 Å². The largest absolute Gasteiger partial charge is 0.444 e. The van der Waals surface area contributed by atoms with E-state index in [1.165, 1.54) is 0 Å². The van der Waals surface area contributed by atoms with Crippen LogP contribution in [0.15, 0.2) is 0 Å². The van der Waals surface area contributed by atoms with Crippen molar-refractivity contribution in [2.24, 2.45) is 5.92 Å². The smallest absolute Gasteiger partial charge is 0.410 e. The summed E-state index contributed by atoms with van der Waals surface area (Å²) in [5, 5.41) is 2.86. The van der Waals surface area contributed by atoms with Gasteiger partial charge in [-0.3, -0.25) is 0 Å². The maximum absolute atomic E-state index is 12.1. The van der Waals surface area contributed by atoms with Crippen molar-refractivity contribution in [2.45, 2.75) is 72.1 Å². The van der Waals surface area contributed by atoms with Crippen LogP contribution in [0.25, 0.3) is 0 Å². The van der Waals surface area contributed by atoms with E-state index >= 15 is 0 Å². The van der Waals surface area contributed by atoms with Gasteiger partial charge >= 0.3 is 12.2 Å². The van der Waals surface area contributed by atoms with Gasteiger partial charge in [-0.2, -0.15) is 0 Å². The van der Waals surface area contributed by atoms with Crippen LogP contribution in [-0.4, -0.2) is 47.4 Å². The lowest BCUT2D eigenvalue weighted by molar-refractivity contribution is 0.0116. The normalized spacial score (nSPS) is 23.0. The minimum absolute atomic E-state index is 0.129. The zero-order valence-electron chi connectivity index (χ0n) is 14.9. The summed E-state index contributed by atoms with van der Waals surface area (Å²) in [6.45, 7) is 14.1. The first-order valence-corrected chi connectivity index (χ1v) is 7.85. The number of nitrogens with one attached hydrogen (secondary N) is 1. The Hall–Kier alpha value is -1.46. The molecule has 0 aromatic heterocycles. The van der Waals surface area contributed by atoms with Gasteiger partial charge in [0.2, 0.25) is 0 Å². The molecule has 0 spiro atoms. The van der Waals surface area contributed by atoms with Crippen LogP contribution in [0.5, 0.6) is 0 Å². The van der Waals surface area contributed by atoms with Gasteiger partial charge in [0.25, 0.3) is 0 Å². The molecule has 0 aromatic carbocycles. The van der Waals surface area contributed by atoms with Crippen molar-refractivity contribution in [3.05, 3.63) is 0 Å². The molecule has 22 heavy (non-hydrogen) atoms. The molecule has 1 aliphatic rings. The molecule has 1 aliphatic heterocycles. The second-order valence-corrected chi connectivity index (χ2v) is 7.95. The summed E-state index contributed by atoms with van der Waals surface area (Å²) in [6.07, 6.45) is 0.0328. The number of ether oxygens (including phenoxy) is 2. The molecule has 2 amide bonds. The quantitative estimate of drug-likeness (QED) is 0.807. The van der Waals surface area contributed by atoms with E-state index in [4.69, 9.17) is 9.47 Å². The molecule has 1 heterocycles. The summed E-state index contributed by atoms with van der Waals surface area (Å²) in [4.78, 5) is 25.7. The van der Waals surface area contributed by atoms with Gasteiger partial charge in [-0.05, 0) is 53.9 Å². The van der Waals surface area contributed by atoms with Crippen molar-refractivity contribution in [2.75, 3.05) is 13.1 Å². The average molecular weight is 314 g/mol. The fourth-order valence-corrected chi connectivity index (χ4v) is 2.21. The number of carbonyl (C=O) groups is 2. The highest BCUT2D eigenvalue weighted by Gasteiger charge is 2.33. The van der Waals surface area contributed by atoms with Crippen LogP contribution in [0.2, 0.25) is 0 Å². The molecule has 0 aliphatic carbocycles. The summed E-state index contributed by atoms with van der Waals surface area (Å²) in [5.41, 5.74) is -1.05. The number of hydrogen-bond donors (Lipinski definition) is 1. The second-order valence-electron chi connectivity index (χ2n) is 7.95. The van der Waals surface area contributed by atoms with E-state index in [0.717, 1.165) is 6.42 Å². The fourth-order valence-electron chi connectivity index (χ4n) is 2.21. The predicted molar refractivity (Wildman–Crippen MR) is 84.7 cm³/mol. The lowest BCUT2D eigenvalue weighted by atomic mass is 9.94. The Morgan fingerprint density at radius 1 is 1.05 bits per heavy atom. The molecule has 0 aromatic rings. The number of rotatable bonds is 1. The maximum atomic E-state index is 12.1. The monoisotopic (exact) mass is 314 g/mol. The average Bonchev–Trinajstić information content (AvgIpc) is 2.27. The highest BCUT2D eigenvalue weighted by Crippen LogP contribution is 2.20.